The summed E-state index contributed by atoms with van der Waals surface area (Å²) in [5.74, 6) is -1.26. The third-order valence-corrected chi connectivity index (χ3v) is 6.02. The van der Waals surface area contributed by atoms with Crippen LogP contribution < -0.4 is 5.32 Å². The first kappa shape index (κ1) is 22.0. The van der Waals surface area contributed by atoms with Crippen molar-refractivity contribution in [2.24, 2.45) is 0 Å². The smallest absolute Gasteiger partial charge is 0.282 e. The summed E-state index contributed by atoms with van der Waals surface area (Å²) in [4.78, 5) is 28.7. The molecule has 1 N–H and O–H groups in total. The van der Waals surface area contributed by atoms with Gasteiger partial charge in [-0.05, 0) is 35.9 Å². The number of rotatable bonds is 6. The Kier molecular flexibility index (Phi) is 6.81. The molecule has 166 valence electrons. The topological polar surface area (TPSA) is 78.4 Å². The van der Waals surface area contributed by atoms with E-state index in [9.17, 15) is 18.4 Å². The molecule has 1 aliphatic rings. The molecule has 4 rings (SSSR count). The molecule has 0 spiro atoms. The lowest BCUT2D eigenvalue weighted by atomic mass is 10.1. The third-order valence-electron chi connectivity index (χ3n) is 5.12. The van der Waals surface area contributed by atoms with Gasteiger partial charge in [0.25, 0.3) is 11.8 Å². The van der Waals surface area contributed by atoms with Gasteiger partial charge in [-0.15, -0.1) is 10.2 Å². The van der Waals surface area contributed by atoms with Gasteiger partial charge in [-0.3, -0.25) is 14.5 Å². The van der Waals surface area contributed by atoms with Crippen LogP contribution in [0.15, 0.2) is 48.5 Å². The van der Waals surface area contributed by atoms with Crippen LogP contribution in [-0.4, -0.2) is 58.0 Å². The minimum absolute atomic E-state index is 0.180. The van der Waals surface area contributed by atoms with E-state index in [0.717, 1.165) is 5.56 Å². The number of halogens is 2. The molecule has 0 saturated carbocycles. The SMILES string of the molecule is O=C(NCc1ccc(F)cc1)c1nnc(CN2CCN(C(=O)c3cccc(F)c3)CC2)s1. The van der Waals surface area contributed by atoms with Gasteiger partial charge < -0.3 is 10.2 Å². The van der Waals surface area contributed by atoms with E-state index >= 15 is 0 Å². The molecular weight excluding hydrogens is 436 g/mol. The molecule has 0 radical (unpaired) electrons. The predicted molar refractivity (Wildman–Crippen MR) is 115 cm³/mol. The fourth-order valence-electron chi connectivity index (χ4n) is 3.37. The first-order valence-corrected chi connectivity index (χ1v) is 10.9. The minimum Gasteiger partial charge on any atom is -0.346 e. The van der Waals surface area contributed by atoms with Gasteiger partial charge >= 0.3 is 0 Å². The molecule has 1 fully saturated rings. The van der Waals surface area contributed by atoms with Crippen molar-refractivity contribution in [1.29, 1.82) is 0 Å². The van der Waals surface area contributed by atoms with Crippen molar-refractivity contribution in [3.05, 3.63) is 81.3 Å². The summed E-state index contributed by atoms with van der Waals surface area (Å²) in [6, 6.07) is 11.6. The van der Waals surface area contributed by atoms with E-state index in [1.165, 1.54) is 41.7 Å². The largest absolute Gasteiger partial charge is 0.346 e. The number of benzene rings is 2. The summed E-state index contributed by atoms with van der Waals surface area (Å²) in [5, 5.41) is 11.8. The molecule has 2 aromatic carbocycles. The maximum Gasteiger partial charge on any atom is 0.282 e. The molecule has 0 bridgehead atoms. The molecule has 1 aromatic heterocycles. The first-order valence-electron chi connectivity index (χ1n) is 10.1. The van der Waals surface area contributed by atoms with Crippen LogP contribution in [0.4, 0.5) is 8.78 Å². The third kappa shape index (κ3) is 5.51. The Morgan fingerprint density at radius 2 is 1.72 bits per heavy atom. The van der Waals surface area contributed by atoms with Crippen LogP contribution in [-0.2, 0) is 13.1 Å². The summed E-state index contributed by atoms with van der Waals surface area (Å²) in [6.45, 7) is 3.15. The Bertz CT molecular complexity index is 1100. The van der Waals surface area contributed by atoms with Crippen molar-refractivity contribution in [3.8, 4) is 0 Å². The zero-order valence-corrected chi connectivity index (χ0v) is 17.9. The number of nitrogens with one attached hydrogen (secondary N) is 1. The van der Waals surface area contributed by atoms with Crippen molar-refractivity contribution in [2.45, 2.75) is 13.1 Å². The van der Waals surface area contributed by atoms with Gasteiger partial charge in [0.1, 0.15) is 16.6 Å². The molecule has 0 atom stereocenters. The second kappa shape index (κ2) is 9.92. The zero-order valence-electron chi connectivity index (χ0n) is 17.1. The fraction of sp³-hybridized carbons (Fsp3) is 0.273. The molecule has 7 nitrogen and oxygen atoms in total. The first-order chi connectivity index (χ1) is 15.5. The van der Waals surface area contributed by atoms with E-state index in [1.54, 1.807) is 23.1 Å². The lowest BCUT2D eigenvalue weighted by molar-refractivity contribution is 0.0627. The van der Waals surface area contributed by atoms with E-state index in [1.807, 2.05) is 0 Å². The van der Waals surface area contributed by atoms with Gasteiger partial charge in [0.05, 0.1) is 6.54 Å². The normalized spacial score (nSPS) is 14.4. The Morgan fingerprint density at radius 3 is 2.44 bits per heavy atom. The monoisotopic (exact) mass is 457 g/mol. The number of amides is 2. The molecule has 10 heteroatoms. The molecule has 0 aliphatic carbocycles. The highest BCUT2D eigenvalue weighted by atomic mass is 32.1. The number of carbonyl (C=O) groups excluding carboxylic acids is 2. The second-order valence-electron chi connectivity index (χ2n) is 7.39. The summed E-state index contributed by atoms with van der Waals surface area (Å²) < 4.78 is 26.3. The van der Waals surface area contributed by atoms with Crippen molar-refractivity contribution >= 4 is 23.2 Å². The lowest BCUT2D eigenvalue weighted by Crippen LogP contribution is -2.48. The van der Waals surface area contributed by atoms with Crippen LogP contribution in [0, 0.1) is 11.6 Å². The van der Waals surface area contributed by atoms with Crippen molar-refractivity contribution < 1.29 is 18.4 Å². The van der Waals surface area contributed by atoms with Crippen LogP contribution in [0.2, 0.25) is 0 Å². The standard InChI is InChI=1S/C22H21F2N5O2S/c23-17-6-4-15(5-7-17)13-25-20(30)21-27-26-19(32-21)14-28-8-10-29(11-9-28)22(31)16-2-1-3-18(24)12-16/h1-7,12H,8-11,13-14H2,(H,25,30). The Balaban J connectivity index is 1.25. The predicted octanol–water partition coefficient (Wildman–Crippen LogP) is 2.70. The van der Waals surface area contributed by atoms with Crippen LogP contribution in [0.25, 0.3) is 0 Å². The van der Waals surface area contributed by atoms with E-state index in [2.05, 4.69) is 20.4 Å². The van der Waals surface area contributed by atoms with Crippen molar-refractivity contribution in [3.63, 3.8) is 0 Å². The maximum absolute atomic E-state index is 13.4. The minimum atomic E-state index is -0.428. The molecule has 0 unspecified atom stereocenters. The number of hydrogen-bond acceptors (Lipinski definition) is 6. The number of carbonyl (C=O) groups is 2. The molecule has 3 aromatic rings. The highest BCUT2D eigenvalue weighted by Crippen LogP contribution is 2.16. The number of nitrogens with zero attached hydrogens (tertiary/aromatic N) is 4. The summed E-state index contributed by atoms with van der Waals surface area (Å²) in [5.41, 5.74) is 1.13. The van der Waals surface area contributed by atoms with Gasteiger partial charge in [-0.2, -0.15) is 0 Å². The van der Waals surface area contributed by atoms with Crippen LogP contribution in [0.5, 0.6) is 0 Å². The van der Waals surface area contributed by atoms with Crippen LogP contribution >= 0.6 is 11.3 Å². The molecule has 1 aliphatic heterocycles. The highest BCUT2D eigenvalue weighted by molar-refractivity contribution is 7.13. The zero-order chi connectivity index (χ0) is 22.5. The number of hydrogen-bond donors (Lipinski definition) is 1. The van der Waals surface area contributed by atoms with Crippen molar-refractivity contribution in [2.75, 3.05) is 26.2 Å². The fourth-order valence-corrected chi connectivity index (χ4v) is 4.17. The molecule has 2 amide bonds. The van der Waals surface area contributed by atoms with E-state index in [-0.39, 0.29) is 29.2 Å². The Hall–Kier alpha value is -3.24. The van der Waals surface area contributed by atoms with Gasteiger partial charge in [-0.1, -0.05) is 29.5 Å². The number of piperazine rings is 1. The Morgan fingerprint density at radius 1 is 0.969 bits per heavy atom. The molecule has 1 saturated heterocycles. The molecule has 2 heterocycles. The maximum atomic E-state index is 13.4. The van der Waals surface area contributed by atoms with Crippen molar-refractivity contribution in [1.82, 2.24) is 25.3 Å². The summed E-state index contributed by atoms with van der Waals surface area (Å²) >= 11 is 1.22. The summed E-state index contributed by atoms with van der Waals surface area (Å²) in [7, 11) is 0. The van der Waals surface area contributed by atoms with E-state index < -0.39 is 5.82 Å². The van der Waals surface area contributed by atoms with E-state index in [4.69, 9.17) is 0 Å². The van der Waals surface area contributed by atoms with Gasteiger partial charge in [0.2, 0.25) is 5.01 Å². The Labute approximate surface area is 187 Å². The van der Waals surface area contributed by atoms with E-state index in [0.29, 0.717) is 43.3 Å². The van der Waals surface area contributed by atoms with Gasteiger partial charge in [0.15, 0.2) is 0 Å². The molecular formula is C22H21F2N5O2S. The summed E-state index contributed by atoms with van der Waals surface area (Å²) in [6.07, 6.45) is 0. The quantitative estimate of drug-likeness (QED) is 0.616. The second-order valence-corrected chi connectivity index (χ2v) is 8.45. The van der Waals surface area contributed by atoms with Crippen LogP contribution in [0.3, 0.4) is 0 Å². The number of aromatic nitrogens is 2. The van der Waals surface area contributed by atoms with Gasteiger partial charge in [-0.25, -0.2) is 8.78 Å². The highest BCUT2D eigenvalue weighted by Gasteiger charge is 2.23. The lowest BCUT2D eigenvalue weighted by Gasteiger charge is -2.34. The van der Waals surface area contributed by atoms with Crippen LogP contribution in [0.1, 0.15) is 30.7 Å². The molecule has 32 heavy (non-hydrogen) atoms. The van der Waals surface area contributed by atoms with Gasteiger partial charge in [0, 0.05) is 38.3 Å². The average Bonchev–Trinajstić information content (AvgIpc) is 3.27. The average molecular weight is 458 g/mol.